The fourth-order valence-electron chi connectivity index (χ4n) is 3.83. The van der Waals surface area contributed by atoms with Gasteiger partial charge in [0.1, 0.15) is 6.07 Å². The molecule has 2 aromatic rings. The molecule has 8 nitrogen and oxygen atoms in total. The Morgan fingerprint density at radius 3 is 1.89 bits per heavy atom. The van der Waals surface area contributed by atoms with Crippen molar-refractivity contribution in [3.63, 3.8) is 0 Å². The van der Waals surface area contributed by atoms with E-state index in [9.17, 15) is 5.26 Å². The van der Waals surface area contributed by atoms with Gasteiger partial charge in [-0.3, -0.25) is 0 Å². The summed E-state index contributed by atoms with van der Waals surface area (Å²) in [6.45, 7) is 5.43. The molecule has 0 amide bonds. The van der Waals surface area contributed by atoms with Crippen molar-refractivity contribution >= 4 is 45.9 Å². The Morgan fingerprint density at radius 1 is 0.829 bits per heavy atom. The van der Waals surface area contributed by atoms with Crippen LogP contribution in [0.3, 0.4) is 0 Å². The van der Waals surface area contributed by atoms with Crippen molar-refractivity contribution < 1.29 is 18.9 Å². The van der Waals surface area contributed by atoms with Gasteiger partial charge in [0, 0.05) is 75.4 Å². The third-order valence-corrected chi connectivity index (χ3v) is 9.99. The first-order valence-corrected chi connectivity index (χ1v) is 15.1. The summed E-state index contributed by atoms with van der Waals surface area (Å²) in [6.07, 6.45) is 0. The van der Waals surface area contributed by atoms with Crippen molar-refractivity contribution in [3.8, 4) is 6.07 Å². The molecule has 0 spiro atoms. The van der Waals surface area contributed by atoms with Crippen LogP contribution in [0.15, 0.2) is 40.2 Å². The van der Waals surface area contributed by atoms with E-state index >= 15 is 0 Å². The third-order valence-electron chi connectivity index (χ3n) is 5.73. The summed E-state index contributed by atoms with van der Waals surface area (Å²) in [5.41, 5.74) is 3.45. The molecule has 190 valence electrons. The van der Waals surface area contributed by atoms with Crippen LogP contribution in [0.4, 0.5) is 17.1 Å². The summed E-state index contributed by atoms with van der Waals surface area (Å²) in [4.78, 5) is 10.5. The van der Waals surface area contributed by atoms with Gasteiger partial charge in [-0.15, -0.1) is 0 Å². The number of nitrogens with zero attached hydrogens (tertiary/aromatic N) is 4. The van der Waals surface area contributed by atoms with E-state index < -0.39 is 0 Å². The average Bonchev–Trinajstić information content (AvgIpc) is 2.88. The minimum atomic E-state index is -0.282. The van der Waals surface area contributed by atoms with Gasteiger partial charge in [-0.25, -0.2) is 4.99 Å². The monoisotopic (exact) mass is 612 g/mol. The van der Waals surface area contributed by atoms with E-state index in [2.05, 4.69) is 61.3 Å². The molecule has 0 bridgehead atoms. The molecule has 2 aromatic carbocycles. The van der Waals surface area contributed by atoms with Crippen LogP contribution >= 0.6 is 28.9 Å². The molecule has 1 unspecified atom stereocenters. The summed E-state index contributed by atoms with van der Waals surface area (Å²) < 4.78 is 22.4. The minimum Gasteiger partial charge on any atom is -0.383 e. The molecule has 0 radical (unpaired) electrons. The lowest BCUT2D eigenvalue weighted by Gasteiger charge is -2.27. The Hall–Kier alpha value is -1.75. The highest BCUT2D eigenvalue weighted by atomic mass is 127. The zero-order valence-electron chi connectivity index (χ0n) is 20.8. The predicted molar refractivity (Wildman–Crippen MR) is 149 cm³/mol. The Labute approximate surface area is 221 Å². The zero-order valence-corrected chi connectivity index (χ0v) is 23.7. The number of nitriles is 1. The number of ether oxygens (including phenoxy) is 4. The van der Waals surface area contributed by atoms with Crippen molar-refractivity contribution in [1.29, 1.82) is 5.26 Å². The molecule has 0 aromatic heterocycles. The van der Waals surface area contributed by atoms with Crippen LogP contribution in [-0.2, 0) is 18.9 Å². The quantitative estimate of drug-likeness (QED) is 0.236. The van der Waals surface area contributed by atoms with Crippen molar-refractivity contribution in [2.45, 2.75) is 4.90 Å². The second-order valence-corrected chi connectivity index (χ2v) is 12.0. The van der Waals surface area contributed by atoms with E-state index in [1.54, 1.807) is 28.4 Å². The number of hydrogen-bond donors (Lipinski definition) is 0. The number of anilines is 2. The molecule has 0 aliphatic carbocycles. The molecule has 1 atom stereocenters. The SMILES string of the molecule is COCCN(CCOC)c1cc(C#N)c2c(c1)S(I)=c1cc(N(CCOC)CCOC)ccc1=N2. The maximum Gasteiger partial charge on any atom is 0.102 e. The van der Waals surface area contributed by atoms with E-state index in [1.165, 1.54) is 0 Å². The van der Waals surface area contributed by atoms with Gasteiger partial charge in [-0.2, -0.15) is 5.26 Å². The van der Waals surface area contributed by atoms with E-state index in [0.717, 1.165) is 44.9 Å². The largest absolute Gasteiger partial charge is 0.383 e. The standard InChI is InChI=1S/C25H33IN4O4S/c1-31-11-7-29(8-12-32-2)20-5-6-22-23(16-20)35(26)24-17-21(15-19(18-27)25(24)28-22)30(9-13-33-3)10-14-34-4/h5-6,15-17H,7-14H2,1-4H3. The van der Waals surface area contributed by atoms with Crippen LogP contribution in [0.25, 0.3) is 0 Å². The normalized spacial score (nSPS) is 14.0. The second kappa shape index (κ2) is 14.1. The summed E-state index contributed by atoms with van der Waals surface area (Å²) in [5, 5.41) is 10.9. The number of halogens is 1. The van der Waals surface area contributed by atoms with Gasteiger partial charge in [0.15, 0.2) is 0 Å². The highest BCUT2D eigenvalue weighted by Crippen LogP contribution is 2.47. The van der Waals surface area contributed by atoms with Gasteiger partial charge in [0.05, 0.1) is 43.0 Å². The number of rotatable bonds is 14. The molecule has 3 rings (SSSR count). The lowest BCUT2D eigenvalue weighted by Crippen LogP contribution is -2.31. The van der Waals surface area contributed by atoms with Crippen molar-refractivity contribution in [2.75, 3.05) is 90.8 Å². The van der Waals surface area contributed by atoms with Gasteiger partial charge in [-0.05, 0) is 51.5 Å². The smallest absolute Gasteiger partial charge is 0.102 e. The molecule has 1 heterocycles. The van der Waals surface area contributed by atoms with Gasteiger partial charge in [-0.1, -0.05) is 7.66 Å². The number of benzene rings is 2. The number of fused-ring (bicyclic) bond motifs is 2. The molecule has 0 saturated carbocycles. The lowest BCUT2D eigenvalue weighted by molar-refractivity contribution is 0.190. The first kappa shape index (κ1) is 27.8. The molecule has 10 heteroatoms. The summed E-state index contributed by atoms with van der Waals surface area (Å²) >= 11 is 2.49. The molecule has 1 aliphatic heterocycles. The Morgan fingerprint density at radius 2 is 1.37 bits per heavy atom. The van der Waals surface area contributed by atoms with E-state index in [-0.39, 0.29) is 7.66 Å². The fraction of sp³-hybridized carbons (Fsp3) is 0.480. The first-order valence-electron chi connectivity index (χ1n) is 11.4. The molecular weight excluding hydrogens is 579 g/mol. The molecule has 1 aliphatic rings. The topological polar surface area (TPSA) is 79.6 Å². The van der Waals surface area contributed by atoms with Crippen molar-refractivity contribution in [1.82, 2.24) is 0 Å². The number of hydrogen-bond acceptors (Lipinski definition) is 8. The second-order valence-electron chi connectivity index (χ2n) is 7.92. The van der Waals surface area contributed by atoms with Crippen LogP contribution < -0.4 is 15.2 Å². The van der Waals surface area contributed by atoms with Gasteiger partial charge in [0.25, 0.3) is 0 Å². The van der Waals surface area contributed by atoms with Crippen LogP contribution in [0.1, 0.15) is 5.56 Å². The lowest BCUT2D eigenvalue weighted by atomic mass is 10.1. The molecule has 0 N–H and O–H groups in total. The van der Waals surface area contributed by atoms with E-state index in [0.29, 0.717) is 45.1 Å². The van der Waals surface area contributed by atoms with Crippen LogP contribution in [-0.4, -0.2) is 81.0 Å². The summed E-state index contributed by atoms with van der Waals surface area (Å²) in [6, 6.07) is 12.8. The maximum atomic E-state index is 9.96. The predicted octanol–water partition coefficient (Wildman–Crippen LogP) is 3.95. The number of methoxy groups -OCH3 is 4. The van der Waals surface area contributed by atoms with E-state index in [4.69, 9.17) is 23.9 Å². The molecule has 0 fully saturated rings. The molecule has 0 saturated heterocycles. The Kier molecular flexibility index (Phi) is 11.2. The van der Waals surface area contributed by atoms with Crippen LogP contribution in [0.2, 0.25) is 0 Å². The average molecular weight is 613 g/mol. The van der Waals surface area contributed by atoms with E-state index in [1.807, 2.05) is 6.07 Å². The van der Waals surface area contributed by atoms with Gasteiger partial charge < -0.3 is 28.7 Å². The van der Waals surface area contributed by atoms with Crippen molar-refractivity contribution in [2.24, 2.45) is 4.99 Å². The van der Waals surface area contributed by atoms with Crippen molar-refractivity contribution in [3.05, 3.63) is 45.8 Å². The fourth-order valence-corrected chi connectivity index (χ4v) is 7.21. The summed E-state index contributed by atoms with van der Waals surface area (Å²) in [7, 11) is 6.54. The van der Waals surface area contributed by atoms with Gasteiger partial charge in [0.2, 0.25) is 0 Å². The van der Waals surface area contributed by atoms with Crippen LogP contribution in [0, 0.1) is 15.8 Å². The highest BCUT2D eigenvalue weighted by Gasteiger charge is 2.20. The zero-order chi connectivity index (χ0) is 25.2. The maximum absolute atomic E-state index is 9.96. The van der Waals surface area contributed by atoms with Gasteiger partial charge >= 0.3 is 0 Å². The molecule has 35 heavy (non-hydrogen) atoms. The van der Waals surface area contributed by atoms with Crippen LogP contribution in [0.5, 0.6) is 0 Å². The Balaban J connectivity index is 2.09. The molecular formula is C25H33IN4O4S. The highest BCUT2D eigenvalue weighted by molar-refractivity contribution is 14.2. The minimum absolute atomic E-state index is 0.282. The Bertz CT molecular complexity index is 1160. The summed E-state index contributed by atoms with van der Waals surface area (Å²) in [5.74, 6) is 0. The third kappa shape index (κ3) is 6.93. The first-order chi connectivity index (χ1) is 17.1.